The Morgan fingerprint density at radius 3 is 2.44 bits per heavy atom. The molecule has 1 aliphatic carbocycles. The third kappa shape index (κ3) is 4.20. The zero-order valence-corrected chi connectivity index (χ0v) is 19.1. The highest BCUT2D eigenvalue weighted by Crippen LogP contribution is 2.47. The number of methoxy groups -OCH3 is 2. The van der Waals surface area contributed by atoms with Gasteiger partial charge in [0.05, 0.1) is 19.9 Å². The Bertz CT molecular complexity index is 1100. The Morgan fingerprint density at radius 2 is 1.75 bits per heavy atom. The maximum absolute atomic E-state index is 13.5. The molecule has 0 bridgehead atoms. The normalized spacial score (nSPS) is 20.5. The van der Waals surface area contributed by atoms with Crippen LogP contribution in [0.15, 0.2) is 65.9 Å². The summed E-state index contributed by atoms with van der Waals surface area (Å²) in [5.41, 5.74) is 2.94. The summed E-state index contributed by atoms with van der Waals surface area (Å²) in [4.78, 5) is 28.5. The van der Waals surface area contributed by atoms with E-state index in [1.807, 2.05) is 42.5 Å². The number of nitrogens with zero attached hydrogens (tertiary/aromatic N) is 1. The Hall–Kier alpha value is -3.34. The molecule has 166 valence electrons. The molecule has 1 amide bonds. The van der Waals surface area contributed by atoms with Crippen molar-refractivity contribution < 1.29 is 19.1 Å². The van der Waals surface area contributed by atoms with Crippen LogP contribution < -0.4 is 14.4 Å². The average Bonchev–Trinajstić information content (AvgIpc) is 2.76. The Kier molecular flexibility index (Phi) is 5.92. The summed E-state index contributed by atoms with van der Waals surface area (Å²) in [6.45, 7) is 4.15. The summed E-state index contributed by atoms with van der Waals surface area (Å²) in [5, 5.41) is 0. The maximum atomic E-state index is 13.5. The Morgan fingerprint density at radius 1 is 1.00 bits per heavy atom. The van der Waals surface area contributed by atoms with Crippen LogP contribution in [0.1, 0.15) is 38.7 Å². The number of ether oxygens (including phenoxy) is 2. The minimum Gasteiger partial charge on any atom is -0.497 e. The molecule has 0 spiro atoms. The van der Waals surface area contributed by atoms with Crippen LogP contribution in [-0.2, 0) is 9.59 Å². The van der Waals surface area contributed by atoms with Crippen molar-refractivity contribution in [1.29, 1.82) is 0 Å². The monoisotopic (exact) mass is 431 g/mol. The second kappa shape index (κ2) is 8.65. The first-order chi connectivity index (χ1) is 15.3. The predicted molar refractivity (Wildman–Crippen MR) is 126 cm³/mol. The first kappa shape index (κ1) is 21.9. The first-order valence-electron chi connectivity index (χ1n) is 10.9. The number of ketones is 1. The molecule has 1 heterocycles. The van der Waals surface area contributed by atoms with E-state index in [0.29, 0.717) is 30.0 Å². The average molecular weight is 432 g/mol. The first-order valence-corrected chi connectivity index (χ1v) is 10.9. The maximum Gasteiger partial charge on any atom is 0.232 e. The van der Waals surface area contributed by atoms with Crippen molar-refractivity contribution in [3.63, 3.8) is 0 Å². The van der Waals surface area contributed by atoms with E-state index in [0.717, 1.165) is 16.8 Å². The lowest BCUT2D eigenvalue weighted by molar-refractivity contribution is -0.121. The van der Waals surface area contributed by atoms with Crippen LogP contribution in [0, 0.1) is 11.3 Å². The van der Waals surface area contributed by atoms with Crippen molar-refractivity contribution >= 4 is 23.5 Å². The molecule has 5 heteroatoms. The zero-order chi connectivity index (χ0) is 22.9. The molecular weight excluding hydrogens is 402 g/mol. The van der Waals surface area contributed by atoms with Gasteiger partial charge in [-0.3, -0.25) is 14.5 Å². The molecule has 4 rings (SSSR count). The summed E-state index contributed by atoms with van der Waals surface area (Å²) >= 11 is 0. The van der Waals surface area contributed by atoms with E-state index in [1.165, 1.54) is 0 Å². The van der Waals surface area contributed by atoms with Gasteiger partial charge in [0.1, 0.15) is 11.5 Å². The highest BCUT2D eigenvalue weighted by atomic mass is 16.5. The van der Waals surface area contributed by atoms with E-state index in [9.17, 15) is 9.59 Å². The van der Waals surface area contributed by atoms with E-state index in [1.54, 1.807) is 37.3 Å². The number of Topliss-reactive ketones (excluding diaryl/α,β-unsaturated/α-hetero) is 1. The largest absolute Gasteiger partial charge is 0.497 e. The molecule has 2 aromatic carbocycles. The summed E-state index contributed by atoms with van der Waals surface area (Å²) < 4.78 is 11.0. The SMILES string of the molecule is COc1ccc(OC)c(N2C(=O)CC(/C=C/c3ccccc3)C3=C2CC(C)(C)CC3=O)c1. The van der Waals surface area contributed by atoms with Crippen LogP contribution in [0.3, 0.4) is 0 Å². The zero-order valence-electron chi connectivity index (χ0n) is 19.1. The number of amides is 1. The molecule has 0 aromatic heterocycles. The second-order valence-electron chi connectivity index (χ2n) is 9.15. The van der Waals surface area contributed by atoms with Gasteiger partial charge in [0, 0.05) is 36.1 Å². The lowest BCUT2D eigenvalue weighted by atomic mass is 9.70. The minimum atomic E-state index is -0.242. The third-order valence-electron chi connectivity index (χ3n) is 6.13. The van der Waals surface area contributed by atoms with Gasteiger partial charge >= 0.3 is 0 Å². The summed E-state index contributed by atoms with van der Waals surface area (Å²) in [5.74, 6) is 1.01. The number of rotatable bonds is 5. The fraction of sp³-hybridized carbons (Fsp3) is 0.333. The van der Waals surface area contributed by atoms with Gasteiger partial charge in [-0.1, -0.05) is 56.3 Å². The van der Waals surface area contributed by atoms with Crippen LogP contribution in [0.4, 0.5) is 5.69 Å². The van der Waals surface area contributed by atoms with Crippen molar-refractivity contribution in [3.8, 4) is 11.5 Å². The predicted octanol–water partition coefficient (Wildman–Crippen LogP) is 5.41. The molecule has 0 radical (unpaired) electrons. The van der Waals surface area contributed by atoms with E-state index in [-0.39, 0.29) is 29.4 Å². The molecule has 0 fully saturated rings. The summed E-state index contributed by atoms with van der Waals surface area (Å²) in [7, 11) is 3.17. The molecule has 0 saturated heterocycles. The van der Waals surface area contributed by atoms with E-state index in [4.69, 9.17) is 9.47 Å². The van der Waals surface area contributed by atoms with Crippen molar-refractivity contribution in [2.24, 2.45) is 11.3 Å². The molecule has 32 heavy (non-hydrogen) atoms. The third-order valence-corrected chi connectivity index (χ3v) is 6.13. The van der Waals surface area contributed by atoms with Gasteiger partial charge in [-0.15, -0.1) is 0 Å². The van der Waals surface area contributed by atoms with Gasteiger partial charge in [0.25, 0.3) is 0 Å². The molecule has 5 nitrogen and oxygen atoms in total. The van der Waals surface area contributed by atoms with Gasteiger partial charge in [-0.2, -0.15) is 0 Å². The number of benzene rings is 2. The Balaban J connectivity index is 1.85. The van der Waals surface area contributed by atoms with Gasteiger partial charge in [-0.25, -0.2) is 0 Å². The van der Waals surface area contributed by atoms with Gasteiger partial charge < -0.3 is 9.47 Å². The van der Waals surface area contributed by atoms with Crippen molar-refractivity contribution in [3.05, 3.63) is 71.4 Å². The molecule has 0 N–H and O–H groups in total. The van der Waals surface area contributed by atoms with Gasteiger partial charge in [0.2, 0.25) is 5.91 Å². The van der Waals surface area contributed by atoms with E-state index < -0.39 is 0 Å². The van der Waals surface area contributed by atoms with Crippen LogP contribution >= 0.6 is 0 Å². The van der Waals surface area contributed by atoms with Crippen LogP contribution in [0.2, 0.25) is 0 Å². The Labute approximate surface area is 189 Å². The topological polar surface area (TPSA) is 55.8 Å². The van der Waals surface area contributed by atoms with Crippen LogP contribution in [0.25, 0.3) is 6.08 Å². The molecule has 1 unspecified atom stereocenters. The number of hydrogen-bond acceptors (Lipinski definition) is 4. The summed E-state index contributed by atoms with van der Waals surface area (Å²) in [6.07, 6.45) is 5.33. The highest BCUT2D eigenvalue weighted by molar-refractivity contribution is 6.08. The lowest BCUT2D eigenvalue weighted by Gasteiger charge is -2.42. The molecule has 1 atom stereocenters. The fourth-order valence-corrected chi connectivity index (χ4v) is 4.66. The van der Waals surface area contributed by atoms with Crippen LogP contribution in [0.5, 0.6) is 11.5 Å². The fourth-order valence-electron chi connectivity index (χ4n) is 4.66. The van der Waals surface area contributed by atoms with E-state index in [2.05, 4.69) is 13.8 Å². The second-order valence-corrected chi connectivity index (χ2v) is 9.15. The van der Waals surface area contributed by atoms with Crippen molar-refractivity contribution in [1.82, 2.24) is 0 Å². The highest BCUT2D eigenvalue weighted by Gasteiger charge is 2.43. The van der Waals surface area contributed by atoms with Crippen molar-refractivity contribution in [2.75, 3.05) is 19.1 Å². The molecule has 2 aliphatic rings. The van der Waals surface area contributed by atoms with E-state index >= 15 is 0 Å². The number of anilines is 1. The van der Waals surface area contributed by atoms with Gasteiger partial charge in [0.15, 0.2) is 5.78 Å². The molecule has 2 aromatic rings. The molecule has 0 saturated carbocycles. The number of carbonyl (C=O) groups is 2. The number of hydrogen-bond donors (Lipinski definition) is 0. The minimum absolute atomic E-state index is 0.0523. The lowest BCUT2D eigenvalue weighted by Crippen LogP contribution is -2.44. The molecule has 1 aliphatic heterocycles. The molecular formula is C27H29NO4. The standard InChI is InChI=1S/C27H29NO4/c1-27(2)16-22-26(23(29)17-27)19(11-10-18-8-6-5-7-9-18)14-25(30)28(22)21-15-20(31-3)12-13-24(21)32-4/h5-13,15,19H,14,16-17H2,1-4H3/b11-10+. The summed E-state index contributed by atoms with van der Waals surface area (Å²) in [6, 6.07) is 15.3. The number of allylic oxidation sites excluding steroid dienone is 3. The number of carbonyl (C=O) groups excluding carboxylic acids is 2. The van der Waals surface area contributed by atoms with Crippen molar-refractivity contribution in [2.45, 2.75) is 33.1 Å². The quantitative estimate of drug-likeness (QED) is 0.635. The van der Waals surface area contributed by atoms with Gasteiger partial charge in [-0.05, 0) is 29.5 Å². The smallest absolute Gasteiger partial charge is 0.232 e. The van der Waals surface area contributed by atoms with Crippen LogP contribution in [-0.4, -0.2) is 25.9 Å².